The Morgan fingerprint density at radius 3 is 2.71 bits per heavy atom. The van der Waals surface area contributed by atoms with Gasteiger partial charge in [-0.25, -0.2) is 0 Å². The first-order valence-corrected chi connectivity index (χ1v) is 6.91. The van der Waals surface area contributed by atoms with E-state index >= 15 is 0 Å². The molecule has 17 heavy (non-hydrogen) atoms. The molecular formula is C12H23BrN4. The molecule has 0 saturated carbocycles. The first-order chi connectivity index (χ1) is 8.06. The molecule has 4 nitrogen and oxygen atoms in total. The number of nitrogens with one attached hydrogen (secondary N) is 1. The highest BCUT2D eigenvalue weighted by Gasteiger charge is 2.18. The zero-order valence-corrected chi connectivity index (χ0v) is 12.8. The maximum absolute atomic E-state index is 4.29. The lowest BCUT2D eigenvalue weighted by Crippen LogP contribution is -2.28. The van der Waals surface area contributed by atoms with E-state index < -0.39 is 0 Å². The average molecular weight is 303 g/mol. The van der Waals surface area contributed by atoms with Crippen LogP contribution in [0.4, 0.5) is 0 Å². The highest BCUT2D eigenvalue weighted by atomic mass is 79.9. The second kappa shape index (κ2) is 7.13. The average Bonchev–Trinajstić information content (AvgIpc) is 2.60. The van der Waals surface area contributed by atoms with Crippen LogP contribution in [-0.2, 0) is 7.05 Å². The zero-order valence-electron chi connectivity index (χ0n) is 11.2. The van der Waals surface area contributed by atoms with E-state index in [0.717, 1.165) is 30.4 Å². The zero-order chi connectivity index (χ0) is 12.8. The second-order valence-corrected chi connectivity index (χ2v) is 5.45. The number of hydrogen-bond donors (Lipinski definition) is 1. The number of nitrogens with zero attached hydrogens (tertiary/aromatic N) is 3. The maximum atomic E-state index is 4.29. The van der Waals surface area contributed by atoms with E-state index in [4.69, 9.17) is 0 Å². The van der Waals surface area contributed by atoms with E-state index in [1.54, 1.807) is 0 Å². The lowest BCUT2D eigenvalue weighted by atomic mass is 10.1. The Morgan fingerprint density at radius 2 is 2.24 bits per heavy atom. The topological polar surface area (TPSA) is 33.1 Å². The number of aromatic nitrogens is 2. The van der Waals surface area contributed by atoms with Gasteiger partial charge in [-0.3, -0.25) is 4.68 Å². The van der Waals surface area contributed by atoms with Crippen LogP contribution >= 0.6 is 15.9 Å². The molecule has 5 heteroatoms. The summed E-state index contributed by atoms with van der Waals surface area (Å²) >= 11 is 3.58. The Labute approximate surface area is 113 Å². The van der Waals surface area contributed by atoms with Crippen molar-refractivity contribution >= 4 is 15.9 Å². The molecule has 0 radical (unpaired) electrons. The summed E-state index contributed by atoms with van der Waals surface area (Å²) in [6.07, 6.45) is 4.10. The predicted molar refractivity (Wildman–Crippen MR) is 75.1 cm³/mol. The summed E-state index contributed by atoms with van der Waals surface area (Å²) in [7, 11) is 6.21. The van der Waals surface area contributed by atoms with Gasteiger partial charge in [-0.1, -0.05) is 6.92 Å². The highest BCUT2D eigenvalue weighted by molar-refractivity contribution is 9.10. The van der Waals surface area contributed by atoms with Crippen LogP contribution in [0, 0.1) is 0 Å². The van der Waals surface area contributed by atoms with E-state index in [2.05, 4.69) is 52.3 Å². The first-order valence-electron chi connectivity index (χ1n) is 6.11. The molecular weight excluding hydrogens is 280 g/mol. The molecule has 0 aliphatic rings. The minimum atomic E-state index is 0.360. The SMILES string of the molecule is CCCNC(CCN(C)C)c1c(Br)cnn1C. The smallest absolute Gasteiger partial charge is 0.0692 e. The number of aryl methyl sites for hydroxylation is 1. The van der Waals surface area contributed by atoms with Crippen LogP contribution in [-0.4, -0.2) is 41.9 Å². The van der Waals surface area contributed by atoms with Crippen molar-refractivity contribution in [3.63, 3.8) is 0 Å². The molecule has 0 amide bonds. The van der Waals surface area contributed by atoms with Crippen molar-refractivity contribution < 1.29 is 0 Å². The van der Waals surface area contributed by atoms with E-state index in [1.165, 1.54) is 5.69 Å². The van der Waals surface area contributed by atoms with E-state index in [0.29, 0.717) is 6.04 Å². The number of rotatable bonds is 7. The van der Waals surface area contributed by atoms with Crippen molar-refractivity contribution in [1.82, 2.24) is 20.0 Å². The Morgan fingerprint density at radius 1 is 1.53 bits per heavy atom. The van der Waals surface area contributed by atoms with Crippen molar-refractivity contribution in [1.29, 1.82) is 0 Å². The molecule has 1 aromatic rings. The van der Waals surface area contributed by atoms with Crippen molar-refractivity contribution in [3.05, 3.63) is 16.4 Å². The molecule has 0 aromatic carbocycles. The molecule has 0 aliphatic carbocycles. The Kier molecular flexibility index (Phi) is 6.16. The van der Waals surface area contributed by atoms with Gasteiger partial charge >= 0.3 is 0 Å². The molecule has 1 aromatic heterocycles. The quantitative estimate of drug-likeness (QED) is 0.838. The third-order valence-electron chi connectivity index (χ3n) is 2.77. The summed E-state index contributed by atoms with van der Waals surface area (Å²) in [5.41, 5.74) is 1.24. The summed E-state index contributed by atoms with van der Waals surface area (Å²) in [6.45, 7) is 4.29. The predicted octanol–water partition coefficient (Wildman–Crippen LogP) is 2.17. The fraction of sp³-hybridized carbons (Fsp3) is 0.750. The van der Waals surface area contributed by atoms with E-state index in [1.807, 2.05) is 17.9 Å². The van der Waals surface area contributed by atoms with Gasteiger partial charge in [0.2, 0.25) is 0 Å². The normalized spacial score (nSPS) is 13.3. The molecule has 1 rings (SSSR count). The molecule has 0 bridgehead atoms. The monoisotopic (exact) mass is 302 g/mol. The van der Waals surface area contributed by atoms with Gasteiger partial charge in [0, 0.05) is 7.05 Å². The fourth-order valence-electron chi connectivity index (χ4n) is 1.85. The summed E-state index contributed by atoms with van der Waals surface area (Å²) in [4.78, 5) is 2.21. The molecule has 1 atom stereocenters. The molecule has 0 spiro atoms. The van der Waals surface area contributed by atoms with Gasteiger partial charge in [0.15, 0.2) is 0 Å². The molecule has 0 aliphatic heterocycles. The number of halogens is 1. The fourth-order valence-corrected chi connectivity index (χ4v) is 2.48. The lowest BCUT2D eigenvalue weighted by molar-refractivity contribution is 0.353. The van der Waals surface area contributed by atoms with Gasteiger partial charge in [0.25, 0.3) is 0 Å². The third kappa shape index (κ3) is 4.41. The van der Waals surface area contributed by atoms with Gasteiger partial charge in [0.1, 0.15) is 0 Å². The van der Waals surface area contributed by atoms with Crippen LogP contribution in [0.1, 0.15) is 31.5 Å². The molecule has 1 heterocycles. The largest absolute Gasteiger partial charge is 0.309 e. The van der Waals surface area contributed by atoms with Crippen LogP contribution in [0.5, 0.6) is 0 Å². The van der Waals surface area contributed by atoms with Gasteiger partial charge in [0.05, 0.1) is 22.4 Å². The van der Waals surface area contributed by atoms with Crippen LogP contribution in [0.25, 0.3) is 0 Å². The Hall–Kier alpha value is -0.390. The summed E-state index contributed by atoms with van der Waals surface area (Å²) < 4.78 is 3.04. The molecule has 0 fully saturated rings. The summed E-state index contributed by atoms with van der Waals surface area (Å²) in [6, 6.07) is 0.360. The van der Waals surface area contributed by atoms with Crippen molar-refractivity contribution in [2.45, 2.75) is 25.8 Å². The van der Waals surface area contributed by atoms with Gasteiger partial charge in [-0.2, -0.15) is 5.10 Å². The van der Waals surface area contributed by atoms with Crippen molar-refractivity contribution in [2.75, 3.05) is 27.2 Å². The Balaban J connectivity index is 2.74. The molecule has 1 unspecified atom stereocenters. The van der Waals surface area contributed by atoms with Crippen LogP contribution in [0.2, 0.25) is 0 Å². The minimum absolute atomic E-state index is 0.360. The minimum Gasteiger partial charge on any atom is -0.309 e. The first kappa shape index (κ1) is 14.7. The van der Waals surface area contributed by atoms with Gasteiger partial charge in [-0.15, -0.1) is 0 Å². The molecule has 1 N–H and O–H groups in total. The molecule has 0 saturated heterocycles. The molecule has 98 valence electrons. The summed E-state index contributed by atoms with van der Waals surface area (Å²) in [5, 5.41) is 7.88. The Bertz CT molecular complexity index is 316. The van der Waals surface area contributed by atoms with Gasteiger partial charge in [-0.05, 0) is 56.0 Å². The van der Waals surface area contributed by atoms with E-state index in [-0.39, 0.29) is 0 Å². The lowest BCUT2D eigenvalue weighted by Gasteiger charge is -2.21. The maximum Gasteiger partial charge on any atom is 0.0692 e. The van der Waals surface area contributed by atoms with Crippen LogP contribution in [0.3, 0.4) is 0 Å². The van der Waals surface area contributed by atoms with Crippen molar-refractivity contribution in [3.8, 4) is 0 Å². The number of hydrogen-bond acceptors (Lipinski definition) is 3. The second-order valence-electron chi connectivity index (χ2n) is 4.60. The van der Waals surface area contributed by atoms with Crippen LogP contribution < -0.4 is 5.32 Å². The standard InChI is InChI=1S/C12H23BrN4/c1-5-7-14-11(6-8-16(2)3)12-10(13)9-15-17(12)4/h9,11,14H,5-8H2,1-4H3. The van der Waals surface area contributed by atoms with E-state index in [9.17, 15) is 0 Å². The van der Waals surface area contributed by atoms with Crippen molar-refractivity contribution in [2.24, 2.45) is 7.05 Å². The summed E-state index contributed by atoms with van der Waals surface area (Å²) in [5.74, 6) is 0. The van der Waals surface area contributed by atoms with Gasteiger partial charge < -0.3 is 10.2 Å². The third-order valence-corrected chi connectivity index (χ3v) is 3.38. The highest BCUT2D eigenvalue weighted by Crippen LogP contribution is 2.25. The van der Waals surface area contributed by atoms with Crippen LogP contribution in [0.15, 0.2) is 10.7 Å².